The molecule has 0 fully saturated rings. The van der Waals surface area contributed by atoms with Crippen LogP contribution >= 0.6 is 12.2 Å². The van der Waals surface area contributed by atoms with E-state index in [0.29, 0.717) is 24.0 Å². The minimum Gasteiger partial charge on any atom is -0.494 e. The summed E-state index contributed by atoms with van der Waals surface area (Å²) < 4.78 is 5.30. The van der Waals surface area contributed by atoms with Crippen molar-refractivity contribution in [2.75, 3.05) is 17.2 Å². The van der Waals surface area contributed by atoms with Crippen LogP contribution in [-0.2, 0) is 0 Å². The van der Waals surface area contributed by atoms with Crippen molar-refractivity contribution in [3.05, 3.63) is 58.1 Å². The van der Waals surface area contributed by atoms with Crippen molar-refractivity contribution in [1.29, 1.82) is 0 Å². The van der Waals surface area contributed by atoms with Crippen molar-refractivity contribution in [1.82, 2.24) is 0 Å². The van der Waals surface area contributed by atoms with Crippen molar-refractivity contribution < 1.29 is 9.66 Å². The average Bonchev–Trinajstić information content (AvgIpc) is 2.56. The molecule has 6 nitrogen and oxygen atoms in total. The quantitative estimate of drug-likeness (QED) is 0.433. The highest BCUT2D eigenvalue weighted by atomic mass is 32.1. The number of nitrogens with one attached hydrogen (secondary N) is 2. The van der Waals surface area contributed by atoms with Crippen LogP contribution in [0.15, 0.2) is 42.5 Å². The maximum Gasteiger partial charge on any atom is 0.296 e. The topological polar surface area (TPSA) is 76.4 Å². The zero-order valence-electron chi connectivity index (χ0n) is 14.4. The van der Waals surface area contributed by atoms with Gasteiger partial charge in [-0.15, -0.1) is 0 Å². The van der Waals surface area contributed by atoms with Gasteiger partial charge < -0.3 is 15.4 Å². The van der Waals surface area contributed by atoms with Gasteiger partial charge in [0.2, 0.25) is 0 Å². The highest BCUT2D eigenvalue weighted by Gasteiger charge is 2.16. The average molecular weight is 359 g/mol. The van der Waals surface area contributed by atoms with Gasteiger partial charge in [0.15, 0.2) is 5.11 Å². The van der Waals surface area contributed by atoms with E-state index in [9.17, 15) is 10.1 Å². The molecular weight excluding hydrogens is 338 g/mol. The Morgan fingerprint density at radius 2 is 1.88 bits per heavy atom. The van der Waals surface area contributed by atoms with Crippen LogP contribution in [0.2, 0.25) is 0 Å². The molecule has 0 radical (unpaired) electrons. The molecule has 2 N–H and O–H groups in total. The maximum atomic E-state index is 11.3. The number of nitro groups is 1. The fraction of sp³-hybridized carbons (Fsp3) is 0.278. The molecular formula is C18H21N3O3S. The summed E-state index contributed by atoms with van der Waals surface area (Å²) in [5.41, 5.74) is 2.26. The number of thiocarbonyl (C=S) groups is 1. The third-order valence-corrected chi connectivity index (χ3v) is 3.76. The molecule has 0 aliphatic rings. The van der Waals surface area contributed by atoms with E-state index in [1.165, 1.54) is 11.6 Å². The third-order valence-electron chi connectivity index (χ3n) is 3.56. The molecule has 0 heterocycles. The van der Waals surface area contributed by atoms with Gasteiger partial charge in [-0.05, 0) is 54.9 Å². The molecule has 2 aromatic carbocycles. The number of hydrogen-bond donors (Lipinski definition) is 2. The van der Waals surface area contributed by atoms with Crippen molar-refractivity contribution in [2.45, 2.75) is 26.7 Å². The van der Waals surface area contributed by atoms with E-state index in [4.69, 9.17) is 17.0 Å². The first-order chi connectivity index (χ1) is 11.9. The molecule has 0 aliphatic heterocycles. The van der Waals surface area contributed by atoms with Gasteiger partial charge in [0.25, 0.3) is 5.69 Å². The SMILES string of the molecule is CCOc1ccc(NC(=S)Nc2ccc(C(C)C)cc2)c([N+](=O)[O-])c1. The van der Waals surface area contributed by atoms with Crippen molar-refractivity contribution in [2.24, 2.45) is 0 Å². The van der Waals surface area contributed by atoms with E-state index in [1.807, 2.05) is 31.2 Å². The van der Waals surface area contributed by atoms with E-state index in [-0.39, 0.29) is 10.8 Å². The predicted molar refractivity (Wildman–Crippen MR) is 105 cm³/mol. The van der Waals surface area contributed by atoms with Crippen LogP contribution in [-0.4, -0.2) is 16.6 Å². The lowest BCUT2D eigenvalue weighted by Gasteiger charge is -2.13. The lowest BCUT2D eigenvalue weighted by molar-refractivity contribution is -0.384. The van der Waals surface area contributed by atoms with Gasteiger partial charge >= 0.3 is 0 Å². The molecule has 0 aromatic heterocycles. The summed E-state index contributed by atoms with van der Waals surface area (Å²) in [6.45, 7) is 6.51. The summed E-state index contributed by atoms with van der Waals surface area (Å²) in [6, 6.07) is 12.5. The molecule has 0 saturated heterocycles. The van der Waals surface area contributed by atoms with Crippen LogP contribution < -0.4 is 15.4 Å². The van der Waals surface area contributed by atoms with Crippen LogP contribution in [0, 0.1) is 10.1 Å². The highest BCUT2D eigenvalue weighted by molar-refractivity contribution is 7.80. The van der Waals surface area contributed by atoms with Crippen molar-refractivity contribution in [3.63, 3.8) is 0 Å². The normalized spacial score (nSPS) is 10.4. The van der Waals surface area contributed by atoms with E-state index < -0.39 is 4.92 Å². The van der Waals surface area contributed by atoms with E-state index in [2.05, 4.69) is 24.5 Å². The largest absolute Gasteiger partial charge is 0.494 e. The molecule has 0 saturated carbocycles. The second kappa shape index (κ2) is 8.43. The number of nitrogens with zero attached hydrogens (tertiary/aromatic N) is 1. The molecule has 132 valence electrons. The van der Waals surface area contributed by atoms with Gasteiger partial charge in [-0.2, -0.15) is 0 Å². The van der Waals surface area contributed by atoms with Gasteiger partial charge in [0.05, 0.1) is 17.6 Å². The standard InChI is InChI=1S/C18H21N3O3S/c1-4-24-15-9-10-16(17(11-15)21(22)23)20-18(25)19-14-7-5-13(6-8-14)12(2)3/h5-12H,4H2,1-3H3,(H2,19,20,25). The number of ether oxygens (including phenoxy) is 1. The van der Waals surface area contributed by atoms with Crippen molar-refractivity contribution >= 4 is 34.4 Å². The first kappa shape index (κ1) is 18.7. The molecule has 2 aromatic rings. The Hall–Kier alpha value is -2.67. The molecule has 0 atom stereocenters. The van der Waals surface area contributed by atoms with Gasteiger partial charge in [0, 0.05) is 5.69 Å². The number of anilines is 2. The maximum absolute atomic E-state index is 11.3. The monoisotopic (exact) mass is 359 g/mol. The van der Waals surface area contributed by atoms with Gasteiger partial charge in [-0.3, -0.25) is 10.1 Å². The fourth-order valence-electron chi connectivity index (χ4n) is 2.26. The second-order valence-electron chi connectivity index (χ2n) is 5.72. The Morgan fingerprint density at radius 1 is 1.20 bits per heavy atom. The van der Waals surface area contributed by atoms with Gasteiger partial charge in [-0.25, -0.2) is 0 Å². The lowest BCUT2D eigenvalue weighted by Crippen LogP contribution is -2.19. The van der Waals surface area contributed by atoms with Gasteiger partial charge in [0.1, 0.15) is 11.4 Å². The summed E-state index contributed by atoms with van der Waals surface area (Å²) in [6.07, 6.45) is 0. The number of benzene rings is 2. The zero-order chi connectivity index (χ0) is 18.4. The number of nitro benzene ring substituents is 1. The smallest absolute Gasteiger partial charge is 0.296 e. The molecule has 0 spiro atoms. The Bertz CT molecular complexity index is 761. The molecule has 25 heavy (non-hydrogen) atoms. The summed E-state index contributed by atoms with van der Waals surface area (Å²) in [7, 11) is 0. The summed E-state index contributed by atoms with van der Waals surface area (Å²) >= 11 is 5.26. The van der Waals surface area contributed by atoms with Gasteiger partial charge in [-0.1, -0.05) is 26.0 Å². The minimum absolute atomic E-state index is 0.0924. The van der Waals surface area contributed by atoms with E-state index in [1.54, 1.807) is 12.1 Å². The van der Waals surface area contributed by atoms with Crippen LogP contribution in [0.3, 0.4) is 0 Å². The fourth-order valence-corrected chi connectivity index (χ4v) is 2.49. The van der Waals surface area contributed by atoms with Crippen LogP contribution in [0.1, 0.15) is 32.3 Å². The highest BCUT2D eigenvalue weighted by Crippen LogP contribution is 2.29. The third kappa shape index (κ3) is 5.15. The number of hydrogen-bond acceptors (Lipinski definition) is 4. The Kier molecular flexibility index (Phi) is 6.30. The minimum atomic E-state index is -0.467. The summed E-state index contributed by atoms with van der Waals surface area (Å²) in [5, 5.41) is 17.4. The number of rotatable bonds is 6. The first-order valence-corrected chi connectivity index (χ1v) is 8.40. The molecule has 7 heteroatoms. The Labute approximate surface area is 152 Å². The van der Waals surface area contributed by atoms with E-state index in [0.717, 1.165) is 5.69 Å². The Morgan fingerprint density at radius 3 is 2.44 bits per heavy atom. The zero-order valence-corrected chi connectivity index (χ0v) is 15.2. The van der Waals surface area contributed by atoms with E-state index >= 15 is 0 Å². The second-order valence-corrected chi connectivity index (χ2v) is 6.13. The summed E-state index contributed by atoms with van der Waals surface area (Å²) in [5.74, 6) is 0.897. The van der Waals surface area contributed by atoms with Crippen molar-refractivity contribution in [3.8, 4) is 5.75 Å². The molecule has 0 aliphatic carbocycles. The lowest BCUT2D eigenvalue weighted by atomic mass is 10.0. The van der Waals surface area contributed by atoms with Crippen LogP contribution in [0.4, 0.5) is 17.1 Å². The van der Waals surface area contributed by atoms with Crippen LogP contribution in [0.5, 0.6) is 5.75 Å². The summed E-state index contributed by atoms with van der Waals surface area (Å²) in [4.78, 5) is 10.8. The molecule has 0 bridgehead atoms. The molecule has 0 amide bonds. The van der Waals surface area contributed by atoms with Crippen LogP contribution in [0.25, 0.3) is 0 Å². The first-order valence-electron chi connectivity index (χ1n) is 8.00. The Balaban J connectivity index is 2.10. The predicted octanol–water partition coefficient (Wildman–Crippen LogP) is 4.93. The molecule has 0 unspecified atom stereocenters. The molecule has 2 rings (SSSR count).